The van der Waals surface area contributed by atoms with Gasteiger partial charge in [0.2, 0.25) is 17.7 Å². The minimum atomic E-state index is -0.819. The van der Waals surface area contributed by atoms with E-state index in [1.807, 2.05) is 45.9 Å². The van der Waals surface area contributed by atoms with E-state index >= 15 is 0 Å². The predicted molar refractivity (Wildman–Crippen MR) is 161 cm³/mol. The van der Waals surface area contributed by atoms with Crippen molar-refractivity contribution in [1.82, 2.24) is 4.90 Å². The number of carbonyl (C=O) groups is 3. The van der Waals surface area contributed by atoms with Crippen LogP contribution in [0.1, 0.15) is 37.8 Å². The van der Waals surface area contributed by atoms with E-state index in [1.54, 1.807) is 40.9 Å². The predicted octanol–water partition coefficient (Wildman–Crippen LogP) is 4.51. The molecule has 0 aliphatic carbocycles. The van der Waals surface area contributed by atoms with Crippen LogP contribution in [0, 0.1) is 25.7 Å². The van der Waals surface area contributed by atoms with Crippen LogP contribution in [0.25, 0.3) is 0 Å². The third kappa shape index (κ3) is 4.81. The first-order chi connectivity index (χ1) is 19.1. The molecule has 3 amide bonds. The van der Waals surface area contributed by atoms with E-state index < -0.39 is 28.7 Å². The maximum Gasteiger partial charge on any atom is 0.248 e. The van der Waals surface area contributed by atoms with Gasteiger partial charge < -0.3 is 25.4 Å². The molecule has 40 heavy (non-hydrogen) atoms. The number of halogens is 1. The number of hydrogen-bond donors (Lipinski definition) is 3. The number of aryl methyl sites for hydroxylation is 2. The molecular weight excluding hydrogens is 594 g/mol. The summed E-state index contributed by atoms with van der Waals surface area (Å²) in [5.41, 5.74) is 3.26. The number of likely N-dealkylation sites (tertiary alicyclic amines) is 1. The smallest absolute Gasteiger partial charge is 0.248 e. The molecule has 5 rings (SSSR count). The Balaban J connectivity index is 1.49. The Hall–Kier alpha value is -2.56. The first kappa shape index (κ1) is 29.0. The van der Waals surface area contributed by atoms with E-state index in [0.29, 0.717) is 36.6 Å². The Bertz CT molecular complexity index is 1300. The highest BCUT2D eigenvalue weighted by molar-refractivity contribution is 9.09. The zero-order chi connectivity index (χ0) is 28.8. The average molecular weight is 631 g/mol. The van der Waals surface area contributed by atoms with Gasteiger partial charge in [0.25, 0.3) is 0 Å². The number of anilines is 2. The Morgan fingerprint density at radius 3 is 2.52 bits per heavy atom. The van der Waals surface area contributed by atoms with E-state index in [9.17, 15) is 19.5 Å². The molecule has 214 valence electrons. The molecule has 8 nitrogen and oxygen atoms in total. The second-order valence-electron chi connectivity index (χ2n) is 10.9. The van der Waals surface area contributed by atoms with Crippen LogP contribution in [0.15, 0.2) is 42.5 Å². The molecule has 0 radical (unpaired) electrons. The number of thioether (sulfide) groups is 1. The number of amides is 3. The van der Waals surface area contributed by atoms with E-state index in [4.69, 9.17) is 4.74 Å². The molecule has 2 bridgehead atoms. The zero-order valence-corrected chi connectivity index (χ0v) is 25.6. The molecule has 3 heterocycles. The van der Waals surface area contributed by atoms with Crippen molar-refractivity contribution in [3.05, 3.63) is 53.6 Å². The number of rotatable bonds is 9. The fourth-order valence-corrected chi connectivity index (χ4v) is 10.2. The lowest BCUT2D eigenvalue weighted by Gasteiger charge is -2.37. The van der Waals surface area contributed by atoms with Crippen LogP contribution >= 0.6 is 27.7 Å². The number of aliphatic hydroxyl groups is 1. The van der Waals surface area contributed by atoms with Crippen LogP contribution in [0.2, 0.25) is 0 Å². The van der Waals surface area contributed by atoms with Gasteiger partial charge in [-0.2, -0.15) is 0 Å². The van der Waals surface area contributed by atoms with Gasteiger partial charge in [-0.15, -0.1) is 11.8 Å². The van der Waals surface area contributed by atoms with Crippen LogP contribution in [0.5, 0.6) is 5.75 Å². The quantitative estimate of drug-likeness (QED) is 0.352. The van der Waals surface area contributed by atoms with Crippen molar-refractivity contribution in [3.8, 4) is 5.75 Å². The lowest BCUT2D eigenvalue weighted by atomic mass is 9.70. The largest absolute Gasteiger partial charge is 0.494 e. The van der Waals surface area contributed by atoms with E-state index in [0.717, 1.165) is 11.1 Å². The molecule has 3 N–H and O–H groups in total. The Morgan fingerprint density at radius 2 is 1.88 bits per heavy atom. The number of ether oxygens (including phenoxy) is 1. The lowest BCUT2D eigenvalue weighted by Crippen LogP contribution is -2.55. The lowest BCUT2D eigenvalue weighted by molar-refractivity contribution is -0.141. The first-order valence-corrected chi connectivity index (χ1v) is 15.6. The van der Waals surface area contributed by atoms with Crippen LogP contribution in [0.4, 0.5) is 11.4 Å². The summed E-state index contributed by atoms with van der Waals surface area (Å²) in [5.74, 6) is -1.34. The maximum absolute atomic E-state index is 14.2. The molecule has 0 aromatic heterocycles. The Labute approximate surface area is 247 Å². The second-order valence-corrected chi connectivity index (χ2v) is 13.6. The molecule has 3 aliphatic heterocycles. The highest BCUT2D eigenvalue weighted by Crippen LogP contribution is 2.68. The van der Waals surface area contributed by atoms with Crippen LogP contribution in [-0.2, 0) is 14.4 Å². The number of nitrogens with one attached hydrogen (secondary N) is 2. The Kier molecular flexibility index (Phi) is 8.23. The standard InChI is InChI=1S/C30H36BrN3O5S/c1-5-19(15-35)34-26(28(37)33-22-13-16(3)7-8-17(22)4)30-14-21(31)25(40-30)23(24(30)29(34)38)27(36)32-18-9-11-20(12-10-18)39-6-2/h7-13,19,21,23-26,35H,5-6,14-15H2,1-4H3,(H,32,36)(H,33,37)/t19-,21?,23+,24-,25+,26?,30?/m0/s1. The van der Waals surface area contributed by atoms with Crippen LogP contribution < -0.4 is 15.4 Å². The van der Waals surface area contributed by atoms with Gasteiger partial charge >= 0.3 is 0 Å². The van der Waals surface area contributed by atoms with Crippen LogP contribution in [-0.4, -0.2) is 67.8 Å². The highest BCUT2D eigenvalue weighted by Gasteiger charge is 2.76. The van der Waals surface area contributed by atoms with E-state index in [1.165, 1.54) is 0 Å². The van der Waals surface area contributed by atoms with Crippen molar-refractivity contribution in [2.75, 3.05) is 23.8 Å². The molecule has 10 heteroatoms. The highest BCUT2D eigenvalue weighted by atomic mass is 79.9. The molecule has 3 fully saturated rings. The van der Waals surface area contributed by atoms with E-state index in [2.05, 4.69) is 26.6 Å². The van der Waals surface area contributed by atoms with Gasteiger partial charge in [-0.1, -0.05) is 35.0 Å². The van der Waals surface area contributed by atoms with Gasteiger partial charge in [0.15, 0.2) is 0 Å². The number of carbonyl (C=O) groups excluding carboxylic acids is 3. The van der Waals surface area contributed by atoms with Gasteiger partial charge in [-0.25, -0.2) is 0 Å². The second kappa shape index (κ2) is 11.4. The summed E-state index contributed by atoms with van der Waals surface area (Å²) < 4.78 is 4.71. The molecular formula is C30H36BrN3O5S. The molecule has 2 aromatic carbocycles. The number of aliphatic hydroxyl groups excluding tert-OH is 1. The normalized spacial score (nSPS) is 29.3. The average Bonchev–Trinajstić information content (AvgIpc) is 3.52. The third-order valence-electron chi connectivity index (χ3n) is 8.44. The van der Waals surface area contributed by atoms with Gasteiger partial charge in [0.05, 0.1) is 35.8 Å². The summed E-state index contributed by atoms with van der Waals surface area (Å²) in [7, 11) is 0. The minimum absolute atomic E-state index is 0.0391. The van der Waals surface area contributed by atoms with Crippen LogP contribution in [0.3, 0.4) is 0 Å². The van der Waals surface area contributed by atoms with Gasteiger partial charge in [-0.05, 0) is 75.1 Å². The van der Waals surface area contributed by atoms with Gasteiger partial charge in [0.1, 0.15) is 11.8 Å². The number of fused-ring (bicyclic) bond motifs is 1. The SMILES string of the molecule is CCOc1ccc(NC(=O)[C@H]2[C@@H]3SC4(CC3Br)C(C(=O)Nc3cc(C)ccc3C)N([C@@H](CC)CO)C(=O)[C@H]24)cc1. The summed E-state index contributed by atoms with van der Waals surface area (Å²) in [4.78, 5) is 43.7. The maximum atomic E-state index is 14.2. The number of benzene rings is 2. The first-order valence-electron chi connectivity index (χ1n) is 13.8. The van der Waals surface area contributed by atoms with Crippen molar-refractivity contribution in [2.45, 2.75) is 67.4 Å². The number of alkyl halides is 1. The Morgan fingerprint density at radius 1 is 1.15 bits per heavy atom. The molecule has 1 spiro atoms. The fraction of sp³-hybridized carbons (Fsp3) is 0.500. The molecule has 3 saturated heterocycles. The number of nitrogens with zero attached hydrogens (tertiary/aromatic N) is 1. The fourth-order valence-electron chi connectivity index (χ4n) is 6.57. The molecule has 0 saturated carbocycles. The molecule has 2 aromatic rings. The summed E-state index contributed by atoms with van der Waals surface area (Å²) in [5, 5.41) is 16.2. The topological polar surface area (TPSA) is 108 Å². The summed E-state index contributed by atoms with van der Waals surface area (Å²) in [6, 6.07) is 11.7. The van der Waals surface area contributed by atoms with Crippen molar-refractivity contribution >= 4 is 56.8 Å². The third-order valence-corrected chi connectivity index (χ3v) is 11.7. The summed E-state index contributed by atoms with van der Waals surface area (Å²) in [6.45, 7) is 7.99. The van der Waals surface area contributed by atoms with Crippen molar-refractivity contribution in [2.24, 2.45) is 11.8 Å². The van der Waals surface area contributed by atoms with Crippen molar-refractivity contribution in [3.63, 3.8) is 0 Å². The van der Waals surface area contributed by atoms with Gasteiger partial charge in [-0.3, -0.25) is 14.4 Å². The van der Waals surface area contributed by atoms with Crippen molar-refractivity contribution < 1.29 is 24.2 Å². The van der Waals surface area contributed by atoms with Crippen molar-refractivity contribution in [1.29, 1.82) is 0 Å². The molecule has 3 aliphatic rings. The summed E-state index contributed by atoms with van der Waals surface area (Å²) >= 11 is 5.38. The summed E-state index contributed by atoms with van der Waals surface area (Å²) in [6.07, 6.45) is 1.07. The zero-order valence-electron chi connectivity index (χ0n) is 23.1. The minimum Gasteiger partial charge on any atom is -0.494 e. The number of hydrogen-bond acceptors (Lipinski definition) is 6. The molecule has 3 unspecified atom stereocenters. The van der Waals surface area contributed by atoms with E-state index in [-0.39, 0.29) is 34.4 Å². The monoisotopic (exact) mass is 629 g/mol. The van der Waals surface area contributed by atoms with Gasteiger partial charge in [0, 0.05) is 21.5 Å². The molecule has 7 atom stereocenters.